The van der Waals surface area contributed by atoms with Gasteiger partial charge in [0.05, 0.1) is 0 Å². The Morgan fingerprint density at radius 2 is 1.14 bits per heavy atom. The molecule has 0 amide bonds. The maximum Gasteiger partial charge on any atom is 0.303 e. The molecule has 0 saturated carbocycles. The summed E-state index contributed by atoms with van der Waals surface area (Å²) in [5.41, 5.74) is 0. The Bertz CT molecular complexity index is 327. The van der Waals surface area contributed by atoms with Gasteiger partial charge in [-0.15, -0.1) is 0 Å². The lowest BCUT2D eigenvalue weighted by Gasteiger charge is -1.97. The minimum Gasteiger partial charge on any atom is -0.481 e. The van der Waals surface area contributed by atoms with Crippen molar-refractivity contribution < 1.29 is 9.90 Å². The molecule has 0 fully saturated rings. The van der Waals surface area contributed by atoms with Crippen LogP contribution in [-0.4, -0.2) is 11.1 Å². The van der Waals surface area contributed by atoms with Crippen LogP contribution >= 0.6 is 0 Å². The van der Waals surface area contributed by atoms with E-state index in [1.807, 2.05) is 6.08 Å². The van der Waals surface area contributed by atoms with Crippen LogP contribution in [0.3, 0.4) is 0 Å². The Morgan fingerprint density at radius 3 is 1.64 bits per heavy atom. The first-order valence-electron chi connectivity index (χ1n) is 8.94. The molecule has 2 nitrogen and oxygen atoms in total. The van der Waals surface area contributed by atoms with Gasteiger partial charge >= 0.3 is 5.97 Å². The number of rotatable bonds is 15. The molecule has 0 aromatic heterocycles. The van der Waals surface area contributed by atoms with E-state index in [-0.39, 0.29) is 6.42 Å². The van der Waals surface area contributed by atoms with Crippen LogP contribution in [0.25, 0.3) is 0 Å². The van der Waals surface area contributed by atoms with Crippen LogP contribution < -0.4 is 0 Å². The molecule has 1 N–H and O–H groups in total. The number of unbranched alkanes of at least 4 members (excludes halogenated alkanes) is 7. The van der Waals surface area contributed by atoms with Crippen molar-refractivity contribution in [3.63, 3.8) is 0 Å². The summed E-state index contributed by atoms with van der Waals surface area (Å²) < 4.78 is 0. The lowest BCUT2D eigenvalue weighted by Crippen LogP contribution is -1.91. The van der Waals surface area contributed by atoms with E-state index in [0.717, 1.165) is 12.8 Å². The predicted octanol–water partition coefficient (Wildman–Crippen LogP) is 6.44. The van der Waals surface area contributed by atoms with Crippen LogP contribution in [0, 0.1) is 0 Å². The summed E-state index contributed by atoms with van der Waals surface area (Å²) in [5, 5.41) is 8.50. The van der Waals surface area contributed by atoms with Gasteiger partial charge in [-0.3, -0.25) is 4.79 Å². The van der Waals surface area contributed by atoms with Gasteiger partial charge in [-0.1, -0.05) is 56.2 Å². The average Bonchev–Trinajstić information content (AvgIpc) is 2.50. The van der Waals surface area contributed by atoms with Crippen molar-refractivity contribution in [2.45, 2.75) is 84.0 Å². The predicted molar refractivity (Wildman–Crippen MR) is 96.1 cm³/mol. The monoisotopic (exact) mass is 306 g/mol. The summed E-state index contributed by atoms with van der Waals surface area (Å²) in [6.45, 7) is 2.17. The van der Waals surface area contributed by atoms with Crippen LogP contribution in [-0.2, 0) is 4.79 Å². The number of hydrogen-bond acceptors (Lipinski definition) is 1. The van der Waals surface area contributed by atoms with Crippen molar-refractivity contribution in [3.05, 3.63) is 36.5 Å². The summed E-state index contributed by atoms with van der Waals surface area (Å²) in [6, 6.07) is 0. The van der Waals surface area contributed by atoms with Crippen LogP contribution in [0.4, 0.5) is 0 Å². The molecule has 2 heteroatoms. The molecule has 0 aliphatic carbocycles. The third-order valence-corrected chi connectivity index (χ3v) is 3.49. The Hall–Kier alpha value is -1.31. The van der Waals surface area contributed by atoms with E-state index in [1.165, 1.54) is 51.4 Å². The lowest BCUT2D eigenvalue weighted by molar-refractivity contribution is -0.136. The first-order chi connectivity index (χ1) is 10.8. The number of aliphatic carboxylic acids is 1. The molecule has 0 spiro atoms. The Labute approximate surface area is 137 Å². The zero-order valence-corrected chi connectivity index (χ0v) is 14.3. The number of allylic oxidation sites excluding steroid dienone is 6. The number of carboxylic acids is 1. The molecule has 22 heavy (non-hydrogen) atoms. The second-order valence-corrected chi connectivity index (χ2v) is 5.68. The molecule has 0 saturated heterocycles. The van der Waals surface area contributed by atoms with Gasteiger partial charge in [0.2, 0.25) is 0 Å². The molecule has 0 atom stereocenters. The van der Waals surface area contributed by atoms with Crippen LogP contribution in [0.2, 0.25) is 0 Å². The summed E-state index contributed by atoms with van der Waals surface area (Å²) in [7, 11) is 0. The van der Waals surface area contributed by atoms with Crippen LogP contribution in [0.5, 0.6) is 0 Å². The molecule has 0 bridgehead atoms. The molecule has 0 aliphatic rings. The van der Waals surface area contributed by atoms with Gasteiger partial charge in [-0.2, -0.15) is 0 Å². The molecular formula is C20H34O2. The second kappa shape index (κ2) is 17.7. The first-order valence-corrected chi connectivity index (χ1v) is 8.94. The van der Waals surface area contributed by atoms with E-state index in [4.69, 9.17) is 5.11 Å². The number of carbonyl (C=O) groups is 1. The van der Waals surface area contributed by atoms with Gasteiger partial charge < -0.3 is 5.11 Å². The highest BCUT2D eigenvalue weighted by Gasteiger charge is 1.92. The minimum atomic E-state index is -0.713. The summed E-state index contributed by atoms with van der Waals surface area (Å²) >= 11 is 0. The zero-order chi connectivity index (χ0) is 16.3. The fourth-order valence-corrected chi connectivity index (χ4v) is 2.19. The van der Waals surface area contributed by atoms with E-state index >= 15 is 0 Å². The minimum absolute atomic E-state index is 0.248. The summed E-state index contributed by atoms with van der Waals surface area (Å²) in [5.74, 6) is -0.713. The van der Waals surface area contributed by atoms with E-state index in [2.05, 4.69) is 37.3 Å². The zero-order valence-electron chi connectivity index (χ0n) is 14.3. The molecular weight excluding hydrogens is 272 g/mol. The average molecular weight is 306 g/mol. The van der Waals surface area contributed by atoms with Gasteiger partial charge in [-0.25, -0.2) is 0 Å². The Morgan fingerprint density at radius 1 is 0.682 bits per heavy atom. The second-order valence-electron chi connectivity index (χ2n) is 5.68. The maximum atomic E-state index is 10.3. The van der Waals surface area contributed by atoms with Gasteiger partial charge in [0, 0.05) is 6.42 Å². The molecule has 0 aliphatic heterocycles. The summed E-state index contributed by atoms with van der Waals surface area (Å²) in [6.07, 6.45) is 26.4. The van der Waals surface area contributed by atoms with Gasteiger partial charge in [0.1, 0.15) is 0 Å². The van der Waals surface area contributed by atoms with Crippen molar-refractivity contribution >= 4 is 5.97 Å². The highest BCUT2D eigenvalue weighted by molar-refractivity contribution is 5.66. The third-order valence-electron chi connectivity index (χ3n) is 3.49. The van der Waals surface area contributed by atoms with Crippen molar-refractivity contribution in [2.24, 2.45) is 0 Å². The van der Waals surface area contributed by atoms with Crippen molar-refractivity contribution in [1.29, 1.82) is 0 Å². The highest BCUT2D eigenvalue weighted by atomic mass is 16.4. The molecule has 0 radical (unpaired) electrons. The molecule has 0 aromatic rings. The van der Waals surface area contributed by atoms with E-state index in [1.54, 1.807) is 0 Å². The fraction of sp³-hybridized carbons (Fsp3) is 0.650. The van der Waals surface area contributed by atoms with Gasteiger partial charge in [0.15, 0.2) is 0 Å². The summed E-state index contributed by atoms with van der Waals surface area (Å²) in [4.78, 5) is 10.3. The molecule has 0 unspecified atom stereocenters. The van der Waals surface area contributed by atoms with E-state index < -0.39 is 5.97 Å². The van der Waals surface area contributed by atoms with Crippen LogP contribution in [0.1, 0.15) is 84.0 Å². The first kappa shape index (κ1) is 20.7. The van der Waals surface area contributed by atoms with Crippen LogP contribution in [0.15, 0.2) is 36.5 Å². The maximum absolute atomic E-state index is 10.3. The van der Waals surface area contributed by atoms with Gasteiger partial charge in [-0.05, 0) is 57.8 Å². The third kappa shape index (κ3) is 18.7. The molecule has 0 aromatic carbocycles. The van der Waals surface area contributed by atoms with E-state index in [0.29, 0.717) is 6.42 Å². The normalized spacial score (nSPS) is 12.0. The van der Waals surface area contributed by atoms with Crippen molar-refractivity contribution in [1.82, 2.24) is 0 Å². The van der Waals surface area contributed by atoms with E-state index in [9.17, 15) is 4.79 Å². The quantitative estimate of drug-likeness (QED) is 0.279. The SMILES string of the molecule is CC/C=C/CCC/C=C/CCCCCC/C=C/CCC(=O)O. The fourth-order valence-electron chi connectivity index (χ4n) is 2.19. The Balaban J connectivity index is 3.19. The number of hydrogen-bond donors (Lipinski definition) is 1. The number of carboxylic acid groups (broad SMARTS) is 1. The molecule has 0 heterocycles. The van der Waals surface area contributed by atoms with Gasteiger partial charge in [0.25, 0.3) is 0 Å². The lowest BCUT2D eigenvalue weighted by atomic mass is 10.1. The molecule has 126 valence electrons. The standard InChI is InChI=1S/C20H34O2/c1-2-3-4-5-6-7-8-9-10-11-12-13-14-15-16-17-18-19-20(21)22/h3-4,8-9,16-17H,2,5-7,10-15,18-19H2,1H3,(H,21,22)/b4-3+,9-8+,17-16+. The molecule has 0 rings (SSSR count). The van der Waals surface area contributed by atoms with Crippen molar-refractivity contribution in [3.8, 4) is 0 Å². The Kier molecular flexibility index (Phi) is 16.7. The largest absolute Gasteiger partial charge is 0.481 e. The topological polar surface area (TPSA) is 37.3 Å². The van der Waals surface area contributed by atoms with Crippen molar-refractivity contribution in [2.75, 3.05) is 0 Å². The highest BCUT2D eigenvalue weighted by Crippen LogP contribution is 2.07. The smallest absolute Gasteiger partial charge is 0.303 e.